The van der Waals surface area contributed by atoms with E-state index in [0.717, 1.165) is 10.0 Å². The summed E-state index contributed by atoms with van der Waals surface area (Å²) in [5, 5.41) is 9.95. The molecule has 1 unspecified atom stereocenters. The molecule has 0 aliphatic carbocycles. The minimum Gasteiger partial charge on any atom is -0.496 e. The predicted molar refractivity (Wildman–Crippen MR) is 74.9 cm³/mol. The third-order valence-electron chi connectivity index (χ3n) is 2.73. The van der Waals surface area contributed by atoms with Gasteiger partial charge < -0.3 is 9.84 Å². The monoisotopic (exact) mass is 314 g/mol. The molecule has 1 aromatic carbocycles. The number of hydrogen-bond acceptors (Lipinski definition) is 3. The number of aliphatic hydroxyl groups is 1. The summed E-state index contributed by atoms with van der Waals surface area (Å²) in [4.78, 5) is 12.0. The fourth-order valence-electron chi connectivity index (χ4n) is 1.65. The van der Waals surface area contributed by atoms with Gasteiger partial charge in [-0.05, 0) is 23.6 Å². The van der Waals surface area contributed by atoms with Crippen molar-refractivity contribution in [1.29, 1.82) is 0 Å². The van der Waals surface area contributed by atoms with Crippen LogP contribution in [0.4, 0.5) is 0 Å². The first kappa shape index (κ1) is 15.2. The number of hydrogen-bond donors (Lipinski definition) is 1. The average molecular weight is 315 g/mol. The van der Waals surface area contributed by atoms with Crippen molar-refractivity contribution in [1.82, 2.24) is 0 Å². The van der Waals surface area contributed by atoms with Crippen LogP contribution in [-0.4, -0.2) is 24.1 Å². The lowest BCUT2D eigenvalue weighted by Crippen LogP contribution is -2.35. The molecular formula is C14H19BrO3. The molecule has 1 atom stereocenters. The fourth-order valence-corrected chi connectivity index (χ4v) is 2.06. The number of carbonyl (C=O) groups excluding carboxylic acids is 1. The van der Waals surface area contributed by atoms with Crippen LogP contribution in [0, 0.1) is 5.41 Å². The van der Waals surface area contributed by atoms with Crippen LogP contribution in [0.5, 0.6) is 5.75 Å². The van der Waals surface area contributed by atoms with Crippen LogP contribution in [0.15, 0.2) is 22.7 Å². The fraction of sp³-hybridized carbons (Fsp3) is 0.500. The first-order valence-corrected chi connectivity index (χ1v) is 6.58. The van der Waals surface area contributed by atoms with E-state index < -0.39 is 11.5 Å². The van der Waals surface area contributed by atoms with Crippen LogP contribution in [0.25, 0.3) is 0 Å². The Morgan fingerprint density at radius 1 is 1.44 bits per heavy atom. The van der Waals surface area contributed by atoms with E-state index in [1.165, 1.54) is 0 Å². The second kappa shape index (κ2) is 5.85. The maximum Gasteiger partial charge on any atom is 0.166 e. The van der Waals surface area contributed by atoms with Crippen LogP contribution < -0.4 is 4.74 Å². The average Bonchev–Trinajstić information content (AvgIpc) is 2.27. The molecule has 0 radical (unpaired) electrons. The zero-order valence-electron chi connectivity index (χ0n) is 11.2. The van der Waals surface area contributed by atoms with Gasteiger partial charge in [-0.25, -0.2) is 0 Å². The highest BCUT2D eigenvalue weighted by Crippen LogP contribution is 2.26. The normalized spacial score (nSPS) is 13.2. The number of ketones is 1. The van der Waals surface area contributed by atoms with E-state index in [-0.39, 0.29) is 12.2 Å². The van der Waals surface area contributed by atoms with Gasteiger partial charge in [-0.15, -0.1) is 0 Å². The van der Waals surface area contributed by atoms with E-state index in [1.54, 1.807) is 13.2 Å². The predicted octanol–water partition coefficient (Wildman–Crippen LogP) is 2.98. The van der Waals surface area contributed by atoms with Gasteiger partial charge >= 0.3 is 0 Å². The van der Waals surface area contributed by atoms with Crippen molar-refractivity contribution in [2.75, 3.05) is 7.11 Å². The van der Waals surface area contributed by atoms with E-state index in [1.807, 2.05) is 32.9 Å². The summed E-state index contributed by atoms with van der Waals surface area (Å²) in [6, 6.07) is 5.50. The zero-order chi connectivity index (χ0) is 13.9. The number of benzene rings is 1. The first-order chi connectivity index (χ1) is 8.25. The van der Waals surface area contributed by atoms with Gasteiger partial charge in [0.15, 0.2) is 5.78 Å². The molecule has 0 aliphatic rings. The summed E-state index contributed by atoms with van der Waals surface area (Å²) >= 11 is 3.36. The molecule has 0 saturated carbocycles. The van der Waals surface area contributed by atoms with Crippen molar-refractivity contribution >= 4 is 21.7 Å². The lowest BCUT2D eigenvalue weighted by atomic mass is 9.85. The van der Waals surface area contributed by atoms with E-state index in [9.17, 15) is 9.90 Å². The molecule has 0 amide bonds. The second-order valence-electron chi connectivity index (χ2n) is 5.37. The Morgan fingerprint density at radius 3 is 2.56 bits per heavy atom. The minimum atomic E-state index is -0.971. The molecule has 0 aliphatic heterocycles. The van der Waals surface area contributed by atoms with Gasteiger partial charge in [0.1, 0.15) is 11.9 Å². The van der Waals surface area contributed by atoms with E-state index in [0.29, 0.717) is 5.75 Å². The van der Waals surface area contributed by atoms with Gasteiger partial charge in [0.25, 0.3) is 0 Å². The molecule has 1 rings (SSSR count). The summed E-state index contributed by atoms with van der Waals surface area (Å²) in [5.74, 6) is 0.464. The first-order valence-electron chi connectivity index (χ1n) is 5.79. The topological polar surface area (TPSA) is 46.5 Å². The zero-order valence-corrected chi connectivity index (χ0v) is 12.7. The number of methoxy groups -OCH3 is 1. The van der Waals surface area contributed by atoms with Crippen molar-refractivity contribution in [3.05, 3.63) is 28.2 Å². The van der Waals surface area contributed by atoms with E-state index in [2.05, 4.69) is 15.9 Å². The molecule has 3 nitrogen and oxygen atoms in total. The third kappa shape index (κ3) is 3.82. The van der Waals surface area contributed by atoms with Gasteiger partial charge in [-0.1, -0.05) is 36.7 Å². The Hall–Kier alpha value is -0.870. The lowest BCUT2D eigenvalue weighted by molar-refractivity contribution is -0.131. The molecule has 1 aromatic rings. The molecule has 0 bridgehead atoms. The van der Waals surface area contributed by atoms with Crippen molar-refractivity contribution < 1.29 is 14.6 Å². The Kier molecular flexibility index (Phi) is 4.93. The molecule has 0 spiro atoms. The summed E-state index contributed by atoms with van der Waals surface area (Å²) in [6.45, 7) is 5.52. The molecule has 4 heteroatoms. The van der Waals surface area contributed by atoms with Crippen LogP contribution in [0.2, 0.25) is 0 Å². The number of ether oxygens (including phenoxy) is 1. The second-order valence-corrected chi connectivity index (χ2v) is 6.28. The van der Waals surface area contributed by atoms with Gasteiger partial charge in [-0.2, -0.15) is 0 Å². The molecule has 18 heavy (non-hydrogen) atoms. The molecular weight excluding hydrogens is 296 g/mol. The highest BCUT2D eigenvalue weighted by Gasteiger charge is 2.29. The van der Waals surface area contributed by atoms with Crippen molar-refractivity contribution in [2.45, 2.75) is 33.3 Å². The number of rotatable bonds is 4. The maximum absolute atomic E-state index is 12.0. The molecule has 1 N–H and O–H groups in total. The van der Waals surface area contributed by atoms with Crippen molar-refractivity contribution in [3.63, 3.8) is 0 Å². The quantitative estimate of drug-likeness (QED) is 0.929. The smallest absolute Gasteiger partial charge is 0.166 e. The number of carbonyl (C=O) groups is 1. The van der Waals surface area contributed by atoms with Gasteiger partial charge in [0.2, 0.25) is 0 Å². The maximum atomic E-state index is 12.0. The summed E-state index contributed by atoms with van der Waals surface area (Å²) in [7, 11) is 1.57. The van der Waals surface area contributed by atoms with Gasteiger partial charge in [0.05, 0.1) is 7.11 Å². The molecule has 0 fully saturated rings. The Balaban J connectivity index is 2.91. The largest absolute Gasteiger partial charge is 0.496 e. The standard InChI is InChI=1S/C14H19BrO3/c1-14(2,3)13(17)11(16)8-9-7-10(15)5-6-12(9)18-4/h5-7,13,17H,8H2,1-4H3. The number of halogens is 1. The van der Waals surface area contributed by atoms with Crippen molar-refractivity contribution in [2.24, 2.45) is 5.41 Å². The summed E-state index contributed by atoms with van der Waals surface area (Å²) in [5.41, 5.74) is 0.330. The molecule has 0 saturated heterocycles. The van der Waals surface area contributed by atoms with E-state index in [4.69, 9.17) is 4.74 Å². The molecule has 0 aromatic heterocycles. The molecule has 100 valence electrons. The SMILES string of the molecule is COc1ccc(Br)cc1CC(=O)C(O)C(C)(C)C. The van der Waals surface area contributed by atoms with Crippen LogP contribution in [0.1, 0.15) is 26.3 Å². The Labute approximate surface area is 116 Å². The Morgan fingerprint density at radius 2 is 2.06 bits per heavy atom. The molecule has 0 heterocycles. The summed E-state index contributed by atoms with van der Waals surface area (Å²) < 4.78 is 6.10. The van der Waals surface area contributed by atoms with Crippen LogP contribution in [-0.2, 0) is 11.2 Å². The van der Waals surface area contributed by atoms with Crippen molar-refractivity contribution in [3.8, 4) is 5.75 Å². The third-order valence-corrected chi connectivity index (χ3v) is 3.23. The van der Waals surface area contributed by atoms with E-state index >= 15 is 0 Å². The highest BCUT2D eigenvalue weighted by molar-refractivity contribution is 9.10. The number of aliphatic hydroxyl groups excluding tert-OH is 1. The van der Waals surface area contributed by atoms with Crippen LogP contribution in [0.3, 0.4) is 0 Å². The minimum absolute atomic E-state index is 0.168. The number of Topliss-reactive ketones (excluding diaryl/α,β-unsaturated/α-hetero) is 1. The van der Waals surface area contributed by atoms with Crippen LogP contribution >= 0.6 is 15.9 Å². The van der Waals surface area contributed by atoms with Gasteiger partial charge in [0, 0.05) is 16.5 Å². The van der Waals surface area contributed by atoms with Gasteiger partial charge in [-0.3, -0.25) is 4.79 Å². The lowest BCUT2D eigenvalue weighted by Gasteiger charge is -2.24. The summed E-state index contributed by atoms with van der Waals surface area (Å²) in [6.07, 6.45) is -0.803. The Bertz CT molecular complexity index is 435. The highest BCUT2D eigenvalue weighted by atomic mass is 79.9.